The van der Waals surface area contributed by atoms with E-state index >= 15 is 0 Å². The van der Waals surface area contributed by atoms with Crippen molar-refractivity contribution >= 4 is 11.6 Å². The van der Waals surface area contributed by atoms with Crippen molar-refractivity contribution in [1.82, 2.24) is 0 Å². The topological polar surface area (TPSA) is 59.5 Å². The molecule has 0 aliphatic heterocycles. The van der Waals surface area contributed by atoms with Gasteiger partial charge in [-0.1, -0.05) is 12.1 Å². The average Bonchev–Trinajstić information content (AvgIpc) is 2.94. The van der Waals surface area contributed by atoms with Gasteiger partial charge in [-0.3, -0.25) is 4.79 Å². The summed E-state index contributed by atoms with van der Waals surface area (Å²) < 4.78 is 5.13. The molecule has 0 aliphatic rings. The fraction of sp³-hybridized carbons (Fsp3) is 0.214. The molecule has 0 atom stereocenters. The second-order valence-electron chi connectivity index (χ2n) is 3.90. The minimum Gasteiger partial charge on any atom is -0.459 e. The largest absolute Gasteiger partial charge is 0.459 e. The quantitative estimate of drug-likeness (QED) is 0.898. The number of anilines is 1. The monoisotopic (exact) mass is 244 g/mol. The Morgan fingerprint density at radius 1 is 1.28 bits per heavy atom. The maximum atomic E-state index is 12.2. The summed E-state index contributed by atoms with van der Waals surface area (Å²) in [6.07, 6.45) is 1.50. The Morgan fingerprint density at radius 2 is 2.00 bits per heavy atom. The third kappa shape index (κ3) is 2.43. The van der Waals surface area contributed by atoms with E-state index in [4.69, 9.17) is 10.2 Å². The second-order valence-corrected chi connectivity index (χ2v) is 3.90. The SMILES string of the molecule is CCN(C(=O)c1ccco1)c1ccc(CN)cc1. The number of rotatable bonds is 4. The predicted octanol–water partition coefficient (Wildman–Crippen LogP) is 2.41. The zero-order chi connectivity index (χ0) is 13.0. The fourth-order valence-electron chi connectivity index (χ4n) is 1.79. The van der Waals surface area contributed by atoms with Gasteiger partial charge in [0.2, 0.25) is 0 Å². The number of hydrogen-bond acceptors (Lipinski definition) is 3. The first-order valence-corrected chi connectivity index (χ1v) is 5.90. The highest BCUT2D eigenvalue weighted by molar-refractivity contribution is 6.04. The number of nitrogens with two attached hydrogens (primary N) is 1. The van der Waals surface area contributed by atoms with Crippen molar-refractivity contribution in [3.05, 3.63) is 54.0 Å². The zero-order valence-electron chi connectivity index (χ0n) is 10.3. The molecule has 2 aromatic rings. The molecule has 2 rings (SSSR count). The molecule has 0 bridgehead atoms. The lowest BCUT2D eigenvalue weighted by atomic mass is 10.2. The number of amides is 1. The van der Waals surface area contributed by atoms with E-state index in [9.17, 15) is 4.79 Å². The highest BCUT2D eigenvalue weighted by atomic mass is 16.3. The molecule has 18 heavy (non-hydrogen) atoms. The molecule has 4 nitrogen and oxygen atoms in total. The van der Waals surface area contributed by atoms with Gasteiger partial charge in [0, 0.05) is 18.8 Å². The highest BCUT2D eigenvalue weighted by Crippen LogP contribution is 2.18. The third-order valence-corrected chi connectivity index (χ3v) is 2.78. The van der Waals surface area contributed by atoms with Crippen molar-refractivity contribution in [3.8, 4) is 0 Å². The van der Waals surface area contributed by atoms with Gasteiger partial charge in [-0.2, -0.15) is 0 Å². The van der Waals surface area contributed by atoms with Crippen LogP contribution in [0.2, 0.25) is 0 Å². The normalized spacial score (nSPS) is 10.3. The lowest BCUT2D eigenvalue weighted by molar-refractivity contribution is 0.0961. The van der Waals surface area contributed by atoms with E-state index in [1.165, 1.54) is 6.26 Å². The first kappa shape index (κ1) is 12.4. The minimum absolute atomic E-state index is 0.136. The summed E-state index contributed by atoms with van der Waals surface area (Å²) in [5, 5.41) is 0. The molecule has 94 valence electrons. The molecular formula is C14H16N2O2. The Morgan fingerprint density at radius 3 is 2.50 bits per heavy atom. The Balaban J connectivity index is 2.24. The summed E-state index contributed by atoms with van der Waals surface area (Å²) in [5.41, 5.74) is 7.44. The van der Waals surface area contributed by atoms with E-state index in [2.05, 4.69) is 0 Å². The molecule has 0 saturated carbocycles. The van der Waals surface area contributed by atoms with Crippen molar-refractivity contribution in [2.24, 2.45) is 5.73 Å². The Bertz CT molecular complexity index is 503. The first-order valence-electron chi connectivity index (χ1n) is 5.90. The van der Waals surface area contributed by atoms with Gasteiger partial charge in [0.15, 0.2) is 5.76 Å². The molecule has 0 spiro atoms. The van der Waals surface area contributed by atoms with Crippen LogP contribution in [0.5, 0.6) is 0 Å². The number of furan rings is 1. The fourth-order valence-corrected chi connectivity index (χ4v) is 1.79. The van der Waals surface area contributed by atoms with E-state index in [0.29, 0.717) is 18.8 Å². The van der Waals surface area contributed by atoms with E-state index in [-0.39, 0.29) is 5.91 Å². The van der Waals surface area contributed by atoms with Crippen molar-refractivity contribution in [2.45, 2.75) is 13.5 Å². The maximum absolute atomic E-state index is 12.2. The van der Waals surface area contributed by atoms with Gasteiger partial charge < -0.3 is 15.1 Å². The van der Waals surface area contributed by atoms with Crippen LogP contribution in [0.15, 0.2) is 47.1 Å². The van der Waals surface area contributed by atoms with Gasteiger partial charge in [-0.05, 0) is 36.8 Å². The van der Waals surface area contributed by atoms with Crippen LogP contribution in [0.1, 0.15) is 23.0 Å². The number of hydrogen-bond donors (Lipinski definition) is 1. The van der Waals surface area contributed by atoms with Gasteiger partial charge in [-0.25, -0.2) is 0 Å². The molecule has 1 aromatic heterocycles. The van der Waals surface area contributed by atoms with Crippen LogP contribution in [-0.4, -0.2) is 12.5 Å². The number of carbonyl (C=O) groups excluding carboxylic acids is 1. The van der Waals surface area contributed by atoms with Crippen molar-refractivity contribution in [1.29, 1.82) is 0 Å². The van der Waals surface area contributed by atoms with Crippen LogP contribution in [0.4, 0.5) is 5.69 Å². The van der Waals surface area contributed by atoms with E-state index in [1.54, 1.807) is 17.0 Å². The average molecular weight is 244 g/mol. The third-order valence-electron chi connectivity index (χ3n) is 2.78. The van der Waals surface area contributed by atoms with Gasteiger partial charge in [0.05, 0.1) is 6.26 Å². The molecule has 1 aromatic carbocycles. The molecule has 0 aliphatic carbocycles. The van der Waals surface area contributed by atoms with Crippen LogP contribution in [0, 0.1) is 0 Å². The number of nitrogens with zero attached hydrogens (tertiary/aromatic N) is 1. The molecule has 1 amide bonds. The molecule has 0 saturated heterocycles. The van der Waals surface area contributed by atoms with Crippen LogP contribution >= 0.6 is 0 Å². The lowest BCUT2D eigenvalue weighted by Crippen LogP contribution is -2.30. The summed E-state index contributed by atoms with van der Waals surface area (Å²) in [6.45, 7) is 3.01. The van der Waals surface area contributed by atoms with Crippen LogP contribution in [-0.2, 0) is 6.54 Å². The molecule has 4 heteroatoms. The Labute approximate surface area is 106 Å². The maximum Gasteiger partial charge on any atom is 0.293 e. The standard InChI is InChI=1S/C14H16N2O2/c1-2-16(14(17)13-4-3-9-18-13)12-7-5-11(10-15)6-8-12/h3-9H,2,10,15H2,1H3. The molecule has 0 fully saturated rings. The van der Waals surface area contributed by atoms with Gasteiger partial charge in [0.25, 0.3) is 5.91 Å². The van der Waals surface area contributed by atoms with Crippen molar-refractivity contribution in [2.75, 3.05) is 11.4 Å². The van der Waals surface area contributed by atoms with E-state index in [0.717, 1.165) is 11.3 Å². The number of benzene rings is 1. The Kier molecular flexibility index (Phi) is 3.79. The Hall–Kier alpha value is -2.07. The van der Waals surface area contributed by atoms with E-state index < -0.39 is 0 Å². The summed E-state index contributed by atoms with van der Waals surface area (Å²) in [7, 11) is 0. The summed E-state index contributed by atoms with van der Waals surface area (Å²) in [6, 6.07) is 11.0. The first-order chi connectivity index (χ1) is 8.76. The lowest BCUT2D eigenvalue weighted by Gasteiger charge is -2.20. The van der Waals surface area contributed by atoms with Crippen LogP contribution in [0.3, 0.4) is 0 Å². The van der Waals surface area contributed by atoms with Crippen LogP contribution in [0.25, 0.3) is 0 Å². The second kappa shape index (κ2) is 5.51. The molecular weight excluding hydrogens is 228 g/mol. The van der Waals surface area contributed by atoms with Crippen molar-refractivity contribution in [3.63, 3.8) is 0 Å². The molecule has 0 radical (unpaired) electrons. The summed E-state index contributed by atoms with van der Waals surface area (Å²) in [5.74, 6) is 0.211. The van der Waals surface area contributed by atoms with Gasteiger partial charge >= 0.3 is 0 Å². The van der Waals surface area contributed by atoms with Crippen LogP contribution < -0.4 is 10.6 Å². The smallest absolute Gasteiger partial charge is 0.293 e. The molecule has 2 N–H and O–H groups in total. The molecule has 0 unspecified atom stereocenters. The summed E-state index contributed by atoms with van der Waals surface area (Å²) >= 11 is 0. The van der Waals surface area contributed by atoms with E-state index in [1.807, 2.05) is 31.2 Å². The number of carbonyl (C=O) groups is 1. The molecule has 1 heterocycles. The zero-order valence-corrected chi connectivity index (χ0v) is 10.3. The highest BCUT2D eigenvalue weighted by Gasteiger charge is 2.18. The summed E-state index contributed by atoms with van der Waals surface area (Å²) in [4.78, 5) is 13.9. The predicted molar refractivity (Wildman–Crippen MR) is 70.4 cm³/mol. The van der Waals surface area contributed by atoms with Gasteiger partial charge in [0.1, 0.15) is 0 Å². The van der Waals surface area contributed by atoms with Crippen molar-refractivity contribution < 1.29 is 9.21 Å². The minimum atomic E-state index is -0.136. The van der Waals surface area contributed by atoms with Gasteiger partial charge in [-0.15, -0.1) is 0 Å².